The quantitative estimate of drug-likeness (QED) is 0.188. The van der Waals surface area contributed by atoms with E-state index in [1.165, 1.54) is 5.56 Å². The number of hydrazine groups is 2. The summed E-state index contributed by atoms with van der Waals surface area (Å²) in [5.41, 5.74) is 9.56. The van der Waals surface area contributed by atoms with E-state index in [9.17, 15) is 15.3 Å². The van der Waals surface area contributed by atoms with Crippen molar-refractivity contribution in [1.82, 2.24) is 16.0 Å². The molecule has 0 aliphatic carbocycles. The highest BCUT2D eigenvalue weighted by Crippen LogP contribution is 2.34. The molecule has 0 unspecified atom stereocenters. The lowest BCUT2D eigenvalue weighted by Gasteiger charge is -2.27. The molecule has 1 aliphatic rings. The fraction of sp³-hybridized carbons (Fsp3) is 0.462. The van der Waals surface area contributed by atoms with Crippen LogP contribution in [0.15, 0.2) is 51.9 Å². The summed E-state index contributed by atoms with van der Waals surface area (Å²) in [5, 5.41) is 31.1. The third kappa shape index (κ3) is 7.01. The summed E-state index contributed by atoms with van der Waals surface area (Å²) >= 11 is 2.11. The molecule has 1 heterocycles. The Labute approximate surface area is 221 Å². The number of β-amino-alcohol motifs (C(OH)–C–C–N with tert-alkyl or cyclic N) is 1. The van der Waals surface area contributed by atoms with Gasteiger partial charge in [0.15, 0.2) is 0 Å². The molecule has 2 aromatic rings. The molecule has 0 amide bonds. The lowest BCUT2D eigenvalue weighted by Crippen LogP contribution is -2.43. The Bertz CT molecular complexity index is 1010. The van der Waals surface area contributed by atoms with E-state index in [4.69, 9.17) is 9.47 Å². The molecule has 0 radical (unpaired) electrons. The number of hydrogen-bond acceptors (Lipinski definition) is 8. The first-order valence-corrected chi connectivity index (χ1v) is 12.9. The van der Waals surface area contributed by atoms with E-state index < -0.39 is 12.2 Å². The Kier molecular flexibility index (Phi) is 9.65. The van der Waals surface area contributed by atoms with Gasteiger partial charge in [-0.05, 0) is 70.8 Å². The van der Waals surface area contributed by atoms with Crippen molar-refractivity contribution in [2.24, 2.45) is 0 Å². The molecule has 3 rings (SSSR count). The summed E-state index contributed by atoms with van der Waals surface area (Å²) in [6, 6.07) is 14.1. The number of rotatable bonds is 12. The van der Waals surface area contributed by atoms with Crippen molar-refractivity contribution in [2.75, 3.05) is 26.4 Å². The molecule has 0 bridgehead atoms. The number of aryl methyl sites for hydroxylation is 1. The van der Waals surface area contributed by atoms with E-state index >= 15 is 0 Å². The minimum atomic E-state index is -0.717. The summed E-state index contributed by atoms with van der Waals surface area (Å²) in [5.74, 6) is 1.48. The molecule has 0 spiro atoms. The second-order valence-corrected chi connectivity index (χ2v) is 10.3. The van der Waals surface area contributed by atoms with Crippen molar-refractivity contribution >= 4 is 22.6 Å². The maximum atomic E-state index is 10.4. The van der Waals surface area contributed by atoms with Gasteiger partial charge in [0.25, 0.3) is 0 Å². The van der Waals surface area contributed by atoms with Crippen LogP contribution in [0.5, 0.6) is 11.5 Å². The van der Waals surface area contributed by atoms with Crippen molar-refractivity contribution in [2.45, 2.75) is 51.7 Å². The molecule has 5 N–H and O–H groups in total. The van der Waals surface area contributed by atoms with Crippen molar-refractivity contribution in [1.29, 1.82) is 0 Å². The molecule has 8 nitrogen and oxygen atoms in total. The predicted molar refractivity (Wildman–Crippen MR) is 144 cm³/mol. The van der Waals surface area contributed by atoms with Gasteiger partial charge in [-0.1, -0.05) is 45.0 Å². The topological polar surface area (TPSA) is 106 Å². The number of ether oxygens (including phenoxy) is 2. The van der Waals surface area contributed by atoms with Gasteiger partial charge in [0.1, 0.15) is 34.5 Å². The van der Waals surface area contributed by atoms with Crippen LogP contribution in [0.3, 0.4) is 0 Å². The van der Waals surface area contributed by atoms with Gasteiger partial charge in [-0.3, -0.25) is 5.01 Å². The average molecular weight is 597 g/mol. The molecule has 0 saturated carbocycles. The average Bonchev–Trinajstić information content (AvgIpc) is 3.20. The number of benzene rings is 2. The third-order valence-electron chi connectivity index (χ3n) is 6.20. The van der Waals surface area contributed by atoms with Gasteiger partial charge < -0.3 is 30.2 Å². The molecular formula is C26H36IN3O5. The smallest absolute Gasteiger partial charge is 0.122 e. The van der Waals surface area contributed by atoms with E-state index in [1.807, 2.05) is 44.2 Å². The predicted octanol–water partition coefficient (Wildman–Crippen LogP) is 3.13. The molecule has 2 aromatic carbocycles. The Hall–Kier alpha value is -2.05. The highest BCUT2D eigenvalue weighted by atomic mass is 127. The first-order valence-electron chi connectivity index (χ1n) is 11.8. The Morgan fingerprint density at radius 1 is 1.00 bits per heavy atom. The van der Waals surface area contributed by atoms with Crippen molar-refractivity contribution in [3.8, 4) is 11.5 Å². The minimum absolute atomic E-state index is 0.0996. The summed E-state index contributed by atoms with van der Waals surface area (Å²) in [4.78, 5) is 0. The summed E-state index contributed by atoms with van der Waals surface area (Å²) in [6.45, 7) is 8.96. The van der Waals surface area contributed by atoms with Crippen molar-refractivity contribution in [3.05, 3.63) is 68.6 Å². The van der Waals surface area contributed by atoms with Gasteiger partial charge in [0.05, 0.1) is 25.0 Å². The maximum absolute atomic E-state index is 10.4. The summed E-state index contributed by atoms with van der Waals surface area (Å²) < 4.78 is 12.4. The first kappa shape index (κ1) is 27.5. The number of aliphatic hydroxyl groups is 3. The van der Waals surface area contributed by atoms with Gasteiger partial charge >= 0.3 is 0 Å². The monoisotopic (exact) mass is 597 g/mol. The zero-order valence-electron chi connectivity index (χ0n) is 20.7. The lowest BCUT2D eigenvalue weighted by atomic mass is 9.77. The highest BCUT2D eigenvalue weighted by molar-refractivity contribution is 14.1. The molecule has 192 valence electrons. The fourth-order valence-electron chi connectivity index (χ4n) is 3.72. The van der Waals surface area contributed by atoms with E-state index in [-0.39, 0.29) is 18.6 Å². The van der Waals surface area contributed by atoms with Crippen LogP contribution in [-0.2, 0) is 5.41 Å². The van der Waals surface area contributed by atoms with Crippen LogP contribution in [0.25, 0.3) is 0 Å². The van der Waals surface area contributed by atoms with Gasteiger partial charge in [0, 0.05) is 5.41 Å². The number of nitrogens with one attached hydrogen (secondary N) is 2. The van der Waals surface area contributed by atoms with Crippen LogP contribution in [0.2, 0.25) is 0 Å². The van der Waals surface area contributed by atoms with Gasteiger partial charge in [-0.2, -0.15) is 0 Å². The van der Waals surface area contributed by atoms with Crippen LogP contribution in [-0.4, -0.2) is 58.9 Å². The van der Waals surface area contributed by atoms with Gasteiger partial charge in [0.2, 0.25) is 0 Å². The normalized spacial score (nSPS) is 15.7. The SMILES string of the molecule is CC[C@@H](O)COc1ccc(C(C)(C)c2ccc(OC[C@H](O)CN3NNC(CO)=C3I)cc2)cc1C. The van der Waals surface area contributed by atoms with E-state index in [0.29, 0.717) is 31.0 Å². The zero-order valence-corrected chi connectivity index (χ0v) is 22.9. The second-order valence-electron chi connectivity index (χ2n) is 9.24. The van der Waals surface area contributed by atoms with Crippen LogP contribution < -0.4 is 20.4 Å². The molecule has 1 aliphatic heterocycles. The zero-order chi connectivity index (χ0) is 25.6. The second kappa shape index (κ2) is 12.3. The Balaban J connectivity index is 1.58. The lowest BCUT2D eigenvalue weighted by molar-refractivity contribution is 0.0680. The maximum Gasteiger partial charge on any atom is 0.122 e. The van der Waals surface area contributed by atoms with Gasteiger partial charge in [-0.25, -0.2) is 0 Å². The third-order valence-corrected chi connectivity index (χ3v) is 7.43. The molecule has 2 atom stereocenters. The Morgan fingerprint density at radius 3 is 2.26 bits per heavy atom. The van der Waals surface area contributed by atoms with Gasteiger partial charge in [-0.15, -0.1) is 5.53 Å². The Morgan fingerprint density at radius 2 is 1.66 bits per heavy atom. The van der Waals surface area contributed by atoms with Crippen LogP contribution >= 0.6 is 22.6 Å². The van der Waals surface area contributed by atoms with E-state index in [2.05, 4.69) is 59.5 Å². The number of hydrogen-bond donors (Lipinski definition) is 5. The molecular weight excluding hydrogens is 561 g/mol. The molecule has 0 fully saturated rings. The number of nitrogens with zero attached hydrogens (tertiary/aromatic N) is 1. The van der Waals surface area contributed by atoms with E-state index in [1.54, 1.807) is 5.01 Å². The standard InChI is InChI=1S/C26H36IN3O5/c1-5-20(32)15-35-24-11-8-19(12-17(24)2)26(3,4)18-6-9-22(10-7-18)34-16-21(33)13-30-25(27)23(14-31)28-29-30/h6-12,20-21,28-29,31-33H,5,13-16H2,1-4H3/t20-,21-/m1/s1. The molecule has 0 saturated heterocycles. The van der Waals surface area contributed by atoms with Crippen molar-refractivity contribution in [3.63, 3.8) is 0 Å². The van der Waals surface area contributed by atoms with Crippen molar-refractivity contribution < 1.29 is 24.8 Å². The number of aliphatic hydroxyl groups excluding tert-OH is 3. The summed E-state index contributed by atoms with van der Waals surface area (Å²) in [6.07, 6.45) is -0.510. The first-order chi connectivity index (χ1) is 16.6. The fourth-order valence-corrected chi connectivity index (χ4v) is 4.35. The minimum Gasteiger partial charge on any atom is -0.491 e. The number of halogens is 1. The van der Waals surface area contributed by atoms with Crippen LogP contribution in [0, 0.1) is 6.92 Å². The summed E-state index contributed by atoms with van der Waals surface area (Å²) in [7, 11) is 0. The largest absolute Gasteiger partial charge is 0.491 e. The molecule has 9 heteroatoms. The van der Waals surface area contributed by atoms with E-state index in [0.717, 1.165) is 20.6 Å². The van der Waals surface area contributed by atoms with Crippen LogP contribution in [0.4, 0.5) is 0 Å². The molecule has 0 aromatic heterocycles. The molecule has 35 heavy (non-hydrogen) atoms. The highest BCUT2D eigenvalue weighted by Gasteiger charge is 2.25. The van der Waals surface area contributed by atoms with Crippen LogP contribution in [0.1, 0.15) is 43.9 Å².